The molecule has 1 aromatic carbocycles. The molecule has 2 rings (SSSR count). The smallest absolute Gasteiger partial charge is 0.282 e. The lowest BCUT2D eigenvalue weighted by molar-refractivity contribution is -0.0453. The molecule has 2 unspecified atom stereocenters. The quantitative estimate of drug-likeness (QED) is 0.783. The van der Waals surface area contributed by atoms with E-state index in [2.05, 4.69) is 0 Å². The lowest BCUT2D eigenvalue weighted by Gasteiger charge is -2.36. The van der Waals surface area contributed by atoms with E-state index in [1.807, 2.05) is 13.8 Å². The summed E-state index contributed by atoms with van der Waals surface area (Å²) in [6, 6.07) is 5.61. The van der Waals surface area contributed by atoms with Gasteiger partial charge < -0.3 is 9.47 Å². The Labute approximate surface area is 137 Å². The predicted octanol–water partition coefficient (Wildman–Crippen LogP) is 1.49. The summed E-state index contributed by atoms with van der Waals surface area (Å²) >= 11 is 0. The summed E-state index contributed by atoms with van der Waals surface area (Å²) in [6.07, 6.45) is -0.255. The third kappa shape index (κ3) is 4.87. The molecule has 0 spiro atoms. The first-order valence-corrected chi connectivity index (χ1v) is 8.94. The van der Waals surface area contributed by atoms with Gasteiger partial charge in [0, 0.05) is 26.7 Å². The van der Waals surface area contributed by atoms with Gasteiger partial charge in [0.15, 0.2) is 0 Å². The molecular weight excluding hydrogens is 323 g/mol. The standard InChI is InChI=1S/C15H23FN2O4S/c1-12-10-18(11-13(2)22-12)23(19,20)17(3)8-9-21-15-6-4-14(16)5-7-15/h4-7,12-13H,8-11H2,1-3H3. The van der Waals surface area contributed by atoms with Gasteiger partial charge >= 0.3 is 0 Å². The summed E-state index contributed by atoms with van der Waals surface area (Å²) in [5.41, 5.74) is 0. The molecule has 0 amide bonds. The van der Waals surface area contributed by atoms with Crippen molar-refractivity contribution in [1.82, 2.24) is 8.61 Å². The third-order valence-electron chi connectivity index (χ3n) is 3.59. The van der Waals surface area contributed by atoms with Crippen LogP contribution >= 0.6 is 0 Å². The monoisotopic (exact) mass is 346 g/mol. The van der Waals surface area contributed by atoms with E-state index < -0.39 is 10.2 Å². The van der Waals surface area contributed by atoms with Gasteiger partial charge in [0.05, 0.1) is 12.2 Å². The maximum atomic E-state index is 12.8. The van der Waals surface area contributed by atoms with Gasteiger partial charge in [-0.25, -0.2) is 4.39 Å². The molecule has 2 atom stereocenters. The van der Waals surface area contributed by atoms with Crippen LogP contribution in [-0.2, 0) is 14.9 Å². The van der Waals surface area contributed by atoms with E-state index in [1.165, 1.54) is 39.9 Å². The van der Waals surface area contributed by atoms with E-state index in [0.717, 1.165) is 0 Å². The summed E-state index contributed by atoms with van der Waals surface area (Å²) in [7, 11) is -2.02. The minimum absolute atomic E-state index is 0.127. The second-order valence-electron chi connectivity index (χ2n) is 5.71. The van der Waals surface area contributed by atoms with Crippen LogP contribution in [0.15, 0.2) is 24.3 Å². The summed E-state index contributed by atoms with van der Waals surface area (Å²) < 4.78 is 51.6. The minimum atomic E-state index is -3.54. The molecule has 0 radical (unpaired) electrons. The van der Waals surface area contributed by atoms with Crippen molar-refractivity contribution in [2.24, 2.45) is 0 Å². The Morgan fingerprint density at radius 3 is 2.39 bits per heavy atom. The Morgan fingerprint density at radius 2 is 1.83 bits per heavy atom. The fourth-order valence-electron chi connectivity index (χ4n) is 2.45. The van der Waals surface area contributed by atoms with Crippen LogP contribution in [-0.4, -0.2) is 62.5 Å². The second kappa shape index (κ2) is 7.57. The van der Waals surface area contributed by atoms with Crippen LogP contribution in [0.3, 0.4) is 0 Å². The predicted molar refractivity (Wildman–Crippen MR) is 85.0 cm³/mol. The molecule has 0 bridgehead atoms. The first-order valence-electron chi connectivity index (χ1n) is 7.54. The number of ether oxygens (including phenoxy) is 2. The second-order valence-corrected chi connectivity index (χ2v) is 7.74. The average Bonchev–Trinajstić information content (AvgIpc) is 2.48. The summed E-state index contributed by atoms with van der Waals surface area (Å²) in [6.45, 7) is 4.80. The number of hydrogen-bond donors (Lipinski definition) is 0. The van der Waals surface area contributed by atoms with Crippen LogP contribution in [0.5, 0.6) is 5.75 Å². The molecule has 8 heteroatoms. The maximum Gasteiger partial charge on any atom is 0.282 e. The molecule has 1 aromatic rings. The fourth-order valence-corrected chi connectivity index (χ4v) is 3.95. The van der Waals surface area contributed by atoms with Crippen molar-refractivity contribution in [2.45, 2.75) is 26.1 Å². The van der Waals surface area contributed by atoms with Crippen LogP contribution in [0.2, 0.25) is 0 Å². The Bertz CT molecular complexity index is 598. The fraction of sp³-hybridized carbons (Fsp3) is 0.600. The topological polar surface area (TPSA) is 59.1 Å². The summed E-state index contributed by atoms with van der Waals surface area (Å²) in [5, 5.41) is 0. The summed E-state index contributed by atoms with van der Waals surface area (Å²) in [5.74, 6) is 0.165. The molecule has 1 aliphatic rings. The van der Waals surface area contributed by atoms with Crippen molar-refractivity contribution in [2.75, 3.05) is 33.3 Å². The number of nitrogens with zero attached hydrogens (tertiary/aromatic N) is 2. The number of likely N-dealkylation sites (N-methyl/N-ethyl adjacent to an activating group) is 1. The van der Waals surface area contributed by atoms with Gasteiger partial charge in [-0.1, -0.05) is 0 Å². The molecule has 0 aliphatic carbocycles. The van der Waals surface area contributed by atoms with Crippen LogP contribution in [0.25, 0.3) is 0 Å². The number of hydrogen-bond acceptors (Lipinski definition) is 4. The molecule has 1 aliphatic heterocycles. The van der Waals surface area contributed by atoms with E-state index in [-0.39, 0.29) is 31.2 Å². The zero-order chi connectivity index (χ0) is 17.0. The molecule has 6 nitrogen and oxygen atoms in total. The number of rotatable bonds is 6. The van der Waals surface area contributed by atoms with Gasteiger partial charge in [-0.05, 0) is 38.1 Å². The number of halogens is 1. The highest BCUT2D eigenvalue weighted by Gasteiger charge is 2.33. The van der Waals surface area contributed by atoms with Gasteiger partial charge in [-0.15, -0.1) is 0 Å². The Balaban J connectivity index is 1.88. The highest BCUT2D eigenvalue weighted by molar-refractivity contribution is 7.86. The SMILES string of the molecule is CC1CN(S(=O)(=O)N(C)CCOc2ccc(F)cc2)CC(C)O1. The van der Waals surface area contributed by atoms with Crippen molar-refractivity contribution >= 4 is 10.2 Å². The van der Waals surface area contributed by atoms with Gasteiger partial charge in [0.2, 0.25) is 0 Å². The molecular formula is C15H23FN2O4S. The van der Waals surface area contributed by atoms with E-state index in [1.54, 1.807) is 0 Å². The van der Waals surface area contributed by atoms with Gasteiger partial charge in [-0.3, -0.25) is 0 Å². The van der Waals surface area contributed by atoms with Crippen molar-refractivity contribution in [3.8, 4) is 5.75 Å². The van der Waals surface area contributed by atoms with Crippen LogP contribution in [0.1, 0.15) is 13.8 Å². The van der Waals surface area contributed by atoms with Crippen LogP contribution in [0, 0.1) is 5.82 Å². The van der Waals surface area contributed by atoms with Crippen molar-refractivity contribution < 1.29 is 22.3 Å². The van der Waals surface area contributed by atoms with Gasteiger partial charge in [0.1, 0.15) is 18.2 Å². The molecule has 0 N–H and O–H groups in total. The average molecular weight is 346 g/mol. The molecule has 1 fully saturated rings. The van der Waals surface area contributed by atoms with Crippen LogP contribution < -0.4 is 4.74 Å². The third-order valence-corrected chi connectivity index (χ3v) is 5.52. The van der Waals surface area contributed by atoms with Gasteiger partial charge in [0.25, 0.3) is 10.2 Å². The first kappa shape index (κ1) is 18.1. The Morgan fingerprint density at radius 1 is 1.26 bits per heavy atom. The molecule has 0 aromatic heterocycles. The molecule has 1 saturated heterocycles. The van der Waals surface area contributed by atoms with Gasteiger partial charge in [-0.2, -0.15) is 17.0 Å². The molecule has 23 heavy (non-hydrogen) atoms. The Hall–Kier alpha value is -1.22. The minimum Gasteiger partial charge on any atom is -0.492 e. The largest absolute Gasteiger partial charge is 0.492 e. The molecule has 1 heterocycles. The zero-order valence-electron chi connectivity index (χ0n) is 13.6. The highest BCUT2D eigenvalue weighted by Crippen LogP contribution is 2.17. The maximum absolute atomic E-state index is 12.8. The lowest BCUT2D eigenvalue weighted by atomic mass is 10.3. The first-order chi connectivity index (χ1) is 10.8. The lowest BCUT2D eigenvalue weighted by Crippen LogP contribution is -2.52. The van der Waals surface area contributed by atoms with Crippen LogP contribution in [0.4, 0.5) is 4.39 Å². The van der Waals surface area contributed by atoms with E-state index in [9.17, 15) is 12.8 Å². The number of benzene rings is 1. The van der Waals surface area contributed by atoms with E-state index in [4.69, 9.17) is 9.47 Å². The highest BCUT2D eigenvalue weighted by atomic mass is 32.2. The molecule has 130 valence electrons. The zero-order valence-corrected chi connectivity index (χ0v) is 14.4. The van der Waals surface area contributed by atoms with Crippen molar-refractivity contribution in [3.05, 3.63) is 30.1 Å². The van der Waals surface area contributed by atoms with E-state index >= 15 is 0 Å². The molecule has 0 saturated carbocycles. The van der Waals surface area contributed by atoms with Crippen molar-refractivity contribution in [1.29, 1.82) is 0 Å². The number of morpholine rings is 1. The van der Waals surface area contributed by atoms with Crippen molar-refractivity contribution in [3.63, 3.8) is 0 Å². The Kier molecular flexibility index (Phi) is 5.96. The summed E-state index contributed by atoms with van der Waals surface area (Å²) in [4.78, 5) is 0. The normalized spacial score (nSPS) is 23.2. The van der Waals surface area contributed by atoms with E-state index in [0.29, 0.717) is 18.8 Å².